The van der Waals surface area contributed by atoms with E-state index in [1.807, 2.05) is 24.3 Å². The molecule has 0 amide bonds. The Bertz CT molecular complexity index is 725. The Labute approximate surface area is 144 Å². The zero-order valence-electron chi connectivity index (χ0n) is 13.5. The molecule has 0 saturated heterocycles. The first-order valence-electron chi connectivity index (χ1n) is 8.33. The van der Waals surface area contributed by atoms with Gasteiger partial charge < -0.3 is 4.74 Å². The fourth-order valence-corrected chi connectivity index (χ4v) is 2.17. The molecule has 4 rings (SSSR count). The average molecular weight is 342 g/mol. The Morgan fingerprint density at radius 1 is 0.840 bits per heavy atom. The van der Waals surface area contributed by atoms with E-state index in [1.165, 1.54) is 17.4 Å². The van der Waals surface area contributed by atoms with Crippen molar-refractivity contribution < 1.29 is 19.3 Å². The van der Waals surface area contributed by atoms with Crippen LogP contribution in [0.25, 0.3) is 0 Å². The summed E-state index contributed by atoms with van der Waals surface area (Å²) in [6, 6.07) is 13.3. The number of non-ortho nitro benzene ring substituents is 1. The Balaban J connectivity index is 1.42. The SMILES string of the molecule is O=[N+]([O-])c1ccc(Oc2ccc(N(OC3CC3)OC3CC3)cc2)cc1. The van der Waals surface area contributed by atoms with Gasteiger partial charge in [0.1, 0.15) is 11.5 Å². The quantitative estimate of drug-likeness (QED) is 0.523. The van der Waals surface area contributed by atoms with Gasteiger partial charge in [-0.25, -0.2) is 9.68 Å². The minimum atomic E-state index is -0.438. The Morgan fingerprint density at radius 3 is 1.76 bits per heavy atom. The Hall–Kier alpha value is -2.64. The molecule has 0 bridgehead atoms. The van der Waals surface area contributed by atoms with Crippen molar-refractivity contribution in [2.24, 2.45) is 0 Å². The fourth-order valence-electron chi connectivity index (χ4n) is 2.17. The lowest BCUT2D eigenvalue weighted by Gasteiger charge is -2.22. The van der Waals surface area contributed by atoms with Gasteiger partial charge in [0, 0.05) is 12.1 Å². The molecular weight excluding hydrogens is 324 g/mol. The van der Waals surface area contributed by atoms with Gasteiger partial charge >= 0.3 is 0 Å². The topological polar surface area (TPSA) is 74.1 Å². The monoisotopic (exact) mass is 342 g/mol. The average Bonchev–Trinajstić information content (AvgIpc) is 3.52. The van der Waals surface area contributed by atoms with Crippen LogP contribution < -0.4 is 9.96 Å². The summed E-state index contributed by atoms with van der Waals surface area (Å²) in [6.07, 6.45) is 4.74. The zero-order valence-corrected chi connectivity index (χ0v) is 13.5. The van der Waals surface area contributed by atoms with Crippen molar-refractivity contribution in [3.63, 3.8) is 0 Å². The third kappa shape index (κ3) is 4.26. The largest absolute Gasteiger partial charge is 0.457 e. The molecule has 130 valence electrons. The first kappa shape index (κ1) is 15.9. The number of rotatable bonds is 8. The molecule has 2 aromatic rings. The third-order valence-corrected chi connectivity index (χ3v) is 3.87. The molecule has 25 heavy (non-hydrogen) atoms. The summed E-state index contributed by atoms with van der Waals surface area (Å²) in [6.45, 7) is 0. The molecule has 2 aliphatic rings. The van der Waals surface area contributed by atoms with Crippen molar-refractivity contribution in [1.82, 2.24) is 0 Å². The van der Waals surface area contributed by atoms with Crippen LogP contribution in [0.3, 0.4) is 0 Å². The van der Waals surface area contributed by atoms with Gasteiger partial charge in [0.25, 0.3) is 5.69 Å². The number of benzene rings is 2. The lowest BCUT2D eigenvalue weighted by atomic mass is 10.3. The fraction of sp³-hybridized carbons (Fsp3) is 0.333. The molecule has 0 aliphatic heterocycles. The predicted octanol–water partition coefficient (Wildman–Crippen LogP) is 4.38. The molecule has 0 spiro atoms. The van der Waals surface area contributed by atoms with E-state index in [4.69, 9.17) is 14.4 Å². The number of hydrogen-bond donors (Lipinski definition) is 0. The number of ether oxygens (including phenoxy) is 1. The normalized spacial score (nSPS) is 16.5. The summed E-state index contributed by atoms with van der Waals surface area (Å²) in [5.74, 6) is 1.18. The molecule has 2 aliphatic carbocycles. The van der Waals surface area contributed by atoms with Crippen LogP contribution in [0.5, 0.6) is 11.5 Å². The van der Waals surface area contributed by atoms with E-state index in [0.29, 0.717) is 11.5 Å². The molecule has 0 atom stereocenters. The highest BCUT2D eigenvalue weighted by Gasteiger charge is 2.31. The van der Waals surface area contributed by atoms with Gasteiger partial charge in [-0.2, -0.15) is 0 Å². The second kappa shape index (κ2) is 6.70. The van der Waals surface area contributed by atoms with Crippen LogP contribution in [-0.2, 0) is 9.68 Å². The number of anilines is 1. The van der Waals surface area contributed by atoms with Gasteiger partial charge in [0.2, 0.25) is 0 Å². The zero-order chi connectivity index (χ0) is 17.2. The summed E-state index contributed by atoms with van der Waals surface area (Å²) < 4.78 is 5.71. The molecule has 0 unspecified atom stereocenters. The van der Waals surface area contributed by atoms with E-state index in [0.717, 1.165) is 31.4 Å². The summed E-state index contributed by atoms with van der Waals surface area (Å²) in [7, 11) is 0. The van der Waals surface area contributed by atoms with Gasteiger partial charge in [-0.1, -0.05) is 0 Å². The van der Waals surface area contributed by atoms with Gasteiger partial charge in [-0.15, -0.1) is 5.23 Å². The highest BCUT2D eigenvalue weighted by Crippen LogP contribution is 2.33. The third-order valence-electron chi connectivity index (χ3n) is 3.87. The molecule has 0 heterocycles. The highest BCUT2D eigenvalue weighted by atomic mass is 17.0. The van der Waals surface area contributed by atoms with Crippen LogP contribution in [0.2, 0.25) is 0 Å². The van der Waals surface area contributed by atoms with Gasteiger partial charge in [0.15, 0.2) is 0 Å². The summed E-state index contributed by atoms with van der Waals surface area (Å²) in [4.78, 5) is 21.8. The van der Waals surface area contributed by atoms with E-state index in [2.05, 4.69) is 0 Å². The second-order valence-corrected chi connectivity index (χ2v) is 6.21. The van der Waals surface area contributed by atoms with Crippen LogP contribution in [0.1, 0.15) is 25.7 Å². The number of hydrogen-bond acceptors (Lipinski definition) is 6. The van der Waals surface area contributed by atoms with Crippen LogP contribution in [0, 0.1) is 10.1 Å². The minimum absolute atomic E-state index is 0.0350. The van der Waals surface area contributed by atoms with E-state index in [-0.39, 0.29) is 17.9 Å². The molecule has 0 aromatic heterocycles. The first-order valence-corrected chi connectivity index (χ1v) is 8.33. The van der Waals surface area contributed by atoms with Gasteiger partial charge in [0.05, 0.1) is 22.8 Å². The molecule has 7 heteroatoms. The molecular formula is C18H18N2O5. The number of nitro groups is 1. The van der Waals surface area contributed by atoms with Crippen LogP contribution in [0.15, 0.2) is 48.5 Å². The summed E-state index contributed by atoms with van der Waals surface area (Å²) in [5.41, 5.74) is 0.850. The predicted molar refractivity (Wildman–Crippen MR) is 90.3 cm³/mol. The molecule has 0 radical (unpaired) electrons. The van der Waals surface area contributed by atoms with Crippen molar-refractivity contribution >= 4 is 11.4 Å². The van der Waals surface area contributed by atoms with E-state index < -0.39 is 4.92 Å². The number of nitro benzene ring substituents is 1. The summed E-state index contributed by atoms with van der Waals surface area (Å²) >= 11 is 0. The lowest BCUT2D eigenvalue weighted by molar-refractivity contribution is -0.384. The Kier molecular flexibility index (Phi) is 4.25. The maximum atomic E-state index is 10.7. The maximum absolute atomic E-state index is 10.7. The van der Waals surface area contributed by atoms with Crippen LogP contribution >= 0.6 is 0 Å². The van der Waals surface area contributed by atoms with Crippen molar-refractivity contribution in [2.45, 2.75) is 37.9 Å². The maximum Gasteiger partial charge on any atom is 0.269 e. The second-order valence-electron chi connectivity index (χ2n) is 6.21. The van der Waals surface area contributed by atoms with Crippen LogP contribution in [-0.4, -0.2) is 17.1 Å². The smallest absolute Gasteiger partial charge is 0.269 e. The Morgan fingerprint density at radius 2 is 1.32 bits per heavy atom. The van der Waals surface area contributed by atoms with Crippen molar-refractivity contribution in [3.8, 4) is 11.5 Å². The van der Waals surface area contributed by atoms with E-state index >= 15 is 0 Å². The van der Waals surface area contributed by atoms with Crippen LogP contribution in [0.4, 0.5) is 11.4 Å². The molecule has 2 aromatic carbocycles. The van der Waals surface area contributed by atoms with E-state index in [1.54, 1.807) is 12.1 Å². The molecule has 0 N–H and O–H groups in total. The summed E-state index contributed by atoms with van der Waals surface area (Å²) in [5, 5.41) is 12.2. The first-order chi connectivity index (χ1) is 12.2. The molecule has 2 saturated carbocycles. The lowest BCUT2D eigenvalue weighted by Crippen LogP contribution is -2.26. The van der Waals surface area contributed by atoms with Crippen molar-refractivity contribution in [2.75, 3.05) is 5.23 Å². The number of nitrogens with zero attached hydrogens (tertiary/aromatic N) is 2. The van der Waals surface area contributed by atoms with Crippen molar-refractivity contribution in [1.29, 1.82) is 0 Å². The van der Waals surface area contributed by atoms with Gasteiger partial charge in [-0.3, -0.25) is 10.1 Å². The molecule has 2 fully saturated rings. The van der Waals surface area contributed by atoms with Crippen molar-refractivity contribution in [3.05, 3.63) is 58.6 Å². The highest BCUT2D eigenvalue weighted by molar-refractivity contribution is 5.47. The van der Waals surface area contributed by atoms with E-state index in [9.17, 15) is 10.1 Å². The van der Waals surface area contributed by atoms with Gasteiger partial charge in [-0.05, 0) is 62.1 Å². The standard InChI is InChI=1S/C18H18N2O5/c21-19(22)13-1-5-15(6-2-13)23-16-7-3-14(4-8-16)20(24-17-9-10-17)25-18-11-12-18/h1-8,17-18H,9-12H2. The minimum Gasteiger partial charge on any atom is -0.457 e. The molecule has 7 nitrogen and oxygen atoms in total.